The van der Waals surface area contributed by atoms with E-state index in [0.717, 1.165) is 30.2 Å². The lowest BCUT2D eigenvalue weighted by atomic mass is 10.2. The highest BCUT2D eigenvalue weighted by molar-refractivity contribution is 5.80. The average Bonchev–Trinajstić information content (AvgIpc) is 2.68. The fourth-order valence-corrected chi connectivity index (χ4v) is 2.96. The number of rotatable bonds is 8. The number of anilines is 2. The predicted octanol–water partition coefficient (Wildman–Crippen LogP) is 3.46. The molecule has 0 atom stereocenters. The SMILES string of the molecule is Cc1cccc(/C=N/Nc2cc(N3CCC3)nc(OCCc3ccccn3)n2)c1. The lowest BCUT2D eigenvalue weighted by Crippen LogP contribution is -2.37. The molecule has 1 aliphatic heterocycles. The molecule has 7 heteroatoms. The van der Waals surface area contributed by atoms with Gasteiger partial charge in [0.05, 0.1) is 12.8 Å². The molecule has 0 unspecified atom stereocenters. The van der Waals surface area contributed by atoms with E-state index in [1.54, 1.807) is 12.4 Å². The number of nitrogens with one attached hydrogen (secondary N) is 1. The third-order valence-electron chi connectivity index (χ3n) is 4.62. The minimum Gasteiger partial charge on any atom is -0.463 e. The van der Waals surface area contributed by atoms with Gasteiger partial charge in [-0.3, -0.25) is 10.4 Å². The summed E-state index contributed by atoms with van der Waals surface area (Å²) in [6.07, 6.45) is 5.44. The van der Waals surface area contributed by atoms with Gasteiger partial charge in [-0.15, -0.1) is 0 Å². The Bertz CT molecular complexity index is 972. The second-order valence-corrected chi connectivity index (χ2v) is 6.94. The molecular weight excluding hydrogens is 364 g/mol. The smallest absolute Gasteiger partial charge is 0.320 e. The van der Waals surface area contributed by atoms with Gasteiger partial charge in [0.2, 0.25) is 0 Å². The Morgan fingerprint density at radius 2 is 2.07 bits per heavy atom. The Kier molecular flexibility index (Phi) is 5.95. The fraction of sp³-hybridized carbons (Fsp3) is 0.273. The minimum absolute atomic E-state index is 0.346. The van der Waals surface area contributed by atoms with Crippen LogP contribution in [0.4, 0.5) is 11.6 Å². The molecule has 148 valence electrons. The van der Waals surface area contributed by atoms with E-state index < -0.39 is 0 Å². The maximum atomic E-state index is 5.81. The zero-order valence-electron chi connectivity index (χ0n) is 16.5. The highest BCUT2D eigenvalue weighted by Gasteiger charge is 2.18. The summed E-state index contributed by atoms with van der Waals surface area (Å²) >= 11 is 0. The van der Waals surface area contributed by atoms with E-state index in [2.05, 4.69) is 49.4 Å². The number of aromatic nitrogens is 3. The summed E-state index contributed by atoms with van der Waals surface area (Å²) in [6, 6.07) is 16.3. The first-order valence-corrected chi connectivity index (χ1v) is 9.79. The van der Waals surface area contributed by atoms with Crippen LogP contribution < -0.4 is 15.1 Å². The van der Waals surface area contributed by atoms with Crippen molar-refractivity contribution < 1.29 is 4.74 Å². The summed E-state index contributed by atoms with van der Waals surface area (Å²) < 4.78 is 5.81. The van der Waals surface area contributed by atoms with E-state index in [1.165, 1.54) is 12.0 Å². The van der Waals surface area contributed by atoms with Gasteiger partial charge in [-0.05, 0) is 31.0 Å². The number of pyridine rings is 1. The van der Waals surface area contributed by atoms with Crippen molar-refractivity contribution >= 4 is 17.9 Å². The van der Waals surface area contributed by atoms with Gasteiger partial charge >= 0.3 is 6.01 Å². The molecule has 0 bridgehead atoms. The van der Waals surface area contributed by atoms with Crippen LogP contribution in [0.3, 0.4) is 0 Å². The molecule has 0 amide bonds. The van der Waals surface area contributed by atoms with Gasteiger partial charge in [0.25, 0.3) is 0 Å². The van der Waals surface area contributed by atoms with Crippen molar-refractivity contribution in [2.45, 2.75) is 19.8 Å². The van der Waals surface area contributed by atoms with Gasteiger partial charge in [-0.25, -0.2) is 0 Å². The third kappa shape index (κ3) is 5.28. The van der Waals surface area contributed by atoms with Crippen LogP contribution in [0.2, 0.25) is 0 Å². The third-order valence-corrected chi connectivity index (χ3v) is 4.62. The normalized spacial score (nSPS) is 13.3. The molecule has 1 aromatic carbocycles. The van der Waals surface area contributed by atoms with E-state index in [1.807, 2.05) is 36.4 Å². The second-order valence-electron chi connectivity index (χ2n) is 6.94. The average molecular weight is 388 g/mol. The molecular formula is C22H24N6O. The van der Waals surface area contributed by atoms with E-state index in [4.69, 9.17) is 4.74 Å². The van der Waals surface area contributed by atoms with Crippen LogP contribution >= 0.6 is 0 Å². The molecule has 4 rings (SSSR count). The minimum atomic E-state index is 0.346. The van der Waals surface area contributed by atoms with Crippen LogP contribution in [-0.2, 0) is 6.42 Å². The summed E-state index contributed by atoms with van der Waals surface area (Å²) in [5, 5.41) is 4.32. The number of ether oxygens (including phenoxy) is 1. The Balaban J connectivity index is 1.43. The van der Waals surface area contributed by atoms with Crippen molar-refractivity contribution in [2.75, 3.05) is 30.0 Å². The number of hydrogen-bond donors (Lipinski definition) is 1. The topological polar surface area (TPSA) is 75.5 Å². The lowest BCUT2D eigenvalue weighted by molar-refractivity contribution is 0.295. The molecule has 0 radical (unpaired) electrons. The quantitative estimate of drug-likeness (QED) is 0.470. The van der Waals surface area contributed by atoms with E-state index in [0.29, 0.717) is 24.9 Å². The first-order valence-electron chi connectivity index (χ1n) is 9.79. The summed E-state index contributed by atoms with van der Waals surface area (Å²) in [6.45, 7) is 4.52. The predicted molar refractivity (Wildman–Crippen MR) is 115 cm³/mol. The van der Waals surface area contributed by atoms with Gasteiger partial charge < -0.3 is 9.64 Å². The molecule has 1 N–H and O–H groups in total. The zero-order chi connectivity index (χ0) is 19.9. The standard InChI is InChI=1S/C22H24N6O/c1-17-6-4-7-18(14-17)16-24-27-20-15-21(28-11-5-12-28)26-22(25-20)29-13-9-19-8-2-3-10-23-19/h2-4,6-8,10,14-16H,5,9,11-13H2,1H3,(H,25,26,27)/b24-16+. The van der Waals surface area contributed by atoms with Crippen molar-refractivity contribution in [3.8, 4) is 6.01 Å². The van der Waals surface area contributed by atoms with Crippen molar-refractivity contribution in [1.29, 1.82) is 0 Å². The molecule has 7 nitrogen and oxygen atoms in total. The monoisotopic (exact) mass is 388 g/mol. The maximum absolute atomic E-state index is 5.81. The van der Waals surface area contributed by atoms with E-state index in [9.17, 15) is 0 Å². The van der Waals surface area contributed by atoms with Crippen LogP contribution in [0, 0.1) is 6.92 Å². The van der Waals surface area contributed by atoms with Crippen molar-refractivity contribution in [3.05, 3.63) is 71.5 Å². The number of aryl methyl sites for hydroxylation is 1. The van der Waals surface area contributed by atoms with Crippen LogP contribution in [0.5, 0.6) is 6.01 Å². The molecule has 2 aromatic heterocycles. The number of hydrazone groups is 1. The van der Waals surface area contributed by atoms with Crippen molar-refractivity contribution in [2.24, 2.45) is 5.10 Å². The van der Waals surface area contributed by atoms with Crippen molar-refractivity contribution in [1.82, 2.24) is 15.0 Å². The summed E-state index contributed by atoms with van der Waals surface area (Å²) in [5.74, 6) is 1.46. The maximum Gasteiger partial charge on any atom is 0.320 e. The van der Waals surface area contributed by atoms with E-state index >= 15 is 0 Å². The Labute approximate surface area is 170 Å². The second kappa shape index (κ2) is 9.14. The van der Waals surface area contributed by atoms with Crippen LogP contribution in [0.15, 0.2) is 59.8 Å². The molecule has 0 saturated carbocycles. The number of benzene rings is 1. The summed E-state index contributed by atoms with van der Waals surface area (Å²) in [7, 11) is 0. The highest BCUT2D eigenvalue weighted by Crippen LogP contribution is 2.23. The molecule has 1 aliphatic rings. The first-order chi connectivity index (χ1) is 14.3. The van der Waals surface area contributed by atoms with Gasteiger partial charge in [0.1, 0.15) is 5.82 Å². The van der Waals surface area contributed by atoms with Gasteiger partial charge in [-0.1, -0.05) is 35.9 Å². The molecule has 3 heterocycles. The van der Waals surface area contributed by atoms with Gasteiger partial charge in [0, 0.05) is 37.5 Å². The molecule has 0 aliphatic carbocycles. The summed E-state index contributed by atoms with van der Waals surface area (Å²) in [4.78, 5) is 15.5. The van der Waals surface area contributed by atoms with Crippen LogP contribution in [-0.4, -0.2) is 40.9 Å². The Morgan fingerprint density at radius 3 is 2.83 bits per heavy atom. The summed E-state index contributed by atoms with van der Waals surface area (Å²) in [5.41, 5.74) is 6.21. The highest BCUT2D eigenvalue weighted by atomic mass is 16.5. The molecule has 1 saturated heterocycles. The Morgan fingerprint density at radius 1 is 1.14 bits per heavy atom. The van der Waals surface area contributed by atoms with Gasteiger partial charge in [0.15, 0.2) is 5.82 Å². The largest absolute Gasteiger partial charge is 0.463 e. The molecule has 1 fully saturated rings. The zero-order valence-corrected chi connectivity index (χ0v) is 16.5. The fourth-order valence-electron chi connectivity index (χ4n) is 2.96. The number of hydrogen-bond acceptors (Lipinski definition) is 7. The Hall–Kier alpha value is -3.48. The van der Waals surface area contributed by atoms with Crippen LogP contribution in [0.1, 0.15) is 23.2 Å². The number of nitrogens with zero attached hydrogens (tertiary/aromatic N) is 5. The van der Waals surface area contributed by atoms with Gasteiger partial charge in [-0.2, -0.15) is 15.1 Å². The molecule has 0 spiro atoms. The first kappa shape index (κ1) is 18.9. The van der Waals surface area contributed by atoms with E-state index in [-0.39, 0.29) is 0 Å². The molecule has 3 aromatic rings. The van der Waals surface area contributed by atoms with Crippen LogP contribution in [0.25, 0.3) is 0 Å². The lowest BCUT2D eigenvalue weighted by Gasteiger charge is -2.32. The molecule has 29 heavy (non-hydrogen) atoms. The van der Waals surface area contributed by atoms with Crippen molar-refractivity contribution in [3.63, 3.8) is 0 Å².